The second kappa shape index (κ2) is 13.9. The van der Waals surface area contributed by atoms with Crippen LogP contribution in [-0.4, -0.2) is 29.1 Å². The number of para-hydroxylation sites is 3. The van der Waals surface area contributed by atoms with Crippen LogP contribution in [0.4, 0.5) is 0 Å². The van der Waals surface area contributed by atoms with Crippen LogP contribution in [0.3, 0.4) is 0 Å². The third-order valence-electron chi connectivity index (χ3n) is 12.3. The highest BCUT2D eigenvalue weighted by Gasteiger charge is 2.20. The van der Waals surface area contributed by atoms with Crippen molar-refractivity contribution in [3.63, 3.8) is 0 Å². The van der Waals surface area contributed by atoms with Gasteiger partial charge in [0.2, 0.25) is 5.95 Å². The average Bonchev–Trinajstić information content (AvgIpc) is 4.01. The van der Waals surface area contributed by atoms with Gasteiger partial charge in [-0.3, -0.25) is 9.55 Å². The fraction of sp³-hybridized carbons (Fsp3) is 0. The number of benzene rings is 8. The lowest BCUT2D eigenvalue weighted by Crippen LogP contribution is -2.06. The molecular formula is C56H34N6O. The van der Waals surface area contributed by atoms with E-state index < -0.39 is 0 Å². The molecule has 0 bridgehead atoms. The molecule has 0 spiro atoms. The van der Waals surface area contributed by atoms with E-state index in [0.717, 1.165) is 94.0 Å². The van der Waals surface area contributed by atoms with E-state index in [9.17, 15) is 0 Å². The molecule has 0 N–H and O–H groups in total. The van der Waals surface area contributed by atoms with Gasteiger partial charge in [0.25, 0.3) is 0 Å². The Balaban J connectivity index is 0.936. The Morgan fingerprint density at radius 1 is 0.333 bits per heavy atom. The number of rotatable bonds is 6. The molecule has 0 radical (unpaired) electrons. The third kappa shape index (κ3) is 5.67. The van der Waals surface area contributed by atoms with Crippen LogP contribution in [0.15, 0.2) is 211 Å². The molecule has 5 heterocycles. The molecule has 0 aliphatic rings. The topological polar surface area (TPSA) is 74.6 Å². The van der Waals surface area contributed by atoms with E-state index in [-0.39, 0.29) is 0 Å². The molecule has 13 aromatic rings. The van der Waals surface area contributed by atoms with Gasteiger partial charge in [-0.2, -0.15) is 9.97 Å². The summed E-state index contributed by atoms with van der Waals surface area (Å²) in [6.45, 7) is 0. The first-order valence-electron chi connectivity index (χ1n) is 21.0. The summed E-state index contributed by atoms with van der Waals surface area (Å²) in [5, 5.41) is 6.81. The lowest BCUT2D eigenvalue weighted by Gasteiger charge is -2.11. The van der Waals surface area contributed by atoms with E-state index in [4.69, 9.17) is 24.4 Å². The zero-order valence-electron chi connectivity index (χ0n) is 33.7. The summed E-state index contributed by atoms with van der Waals surface area (Å²) in [7, 11) is 0. The second-order valence-electron chi connectivity index (χ2n) is 15.9. The van der Waals surface area contributed by atoms with Crippen LogP contribution in [-0.2, 0) is 0 Å². The van der Waals surface area contributed by atoms with Crippen molar-refractivity contribution < 1.29 is 4.42 Å². The van der Waals surface area contributed by atoms with Gasteiger partial charge < -0.3 is 8.98 Å². The second-order valence-corrected chi connectivity index (χ2v) is 15.9. The Hall–Kier alpha value is -8.68. The molecular weight excluding hydrogens is 773 g/mol. The first kappa shape index (κ1) is 35.1. The van der Waals surface area contributed by atoms with Crippen molar-refractivity contribution >= 4 is 65.6 Å². The van der Waals surface area contributed by atoms with Crippen molar-refractivity contribution in [2.24, 2.45) is 0 Å². The smallest absolute Gasteiger partial charge is 0.238 e. The maximum Gasteiger partial charge on any atom is 0.238 e. The summed E-state index contributed by atoms with van der Waals surface area (Å²) in [5.41, 5.74) is 13.1. The fourth-order valence-electron chi connectivity index (χ4n) is 9.26. The van der Waals surface area contributed by atoms with E-state index in [2.05, 4.69) is 130 Å². The third-order valence-corrected chi connectivity index (χ3v) is 12.3. The number of hydrogen-bond acceptors (Lipinski definition) is 5. The summed E-state index contributed by atoms with van der Waals surface area (Å²) in [6, 6.07) is 69.9. The van der Waals surface area contributed by atoms with E-state index in [1.165, 1.54) is 10.8 Å². The molecule has 0 atom stereocenters. The molecule has 7 nitrogen and oxygen atoms in total. The van der Waals surface area contributed by atoms with Crippen LogP contribution < -0.4 is 0 Å². The first-order valence-corrected chi connectivity index (χ1v) is 21.0. The maximum absolute atomic E-state index is 6.05. The maximum atomic E-state index is 6.05. The van der Waals surface area contributed by atoms with Crippen molar-refractivity contribution in [1.29, 1.82) is 0 Å². The van der Waals surface area contributed by atoms with Gasteiger partial charge in [-0.25, -0.2) is 4.98 Å². The molecule has 0 saturated heterocycles. The normalized spacial score (nSPS) is 11.8. The summed E-state index contributed by atoms with van der Waals surface area (Å²) in [6.07, 6.45) is 1.83. The molecule has 0 aliphatic heterocycles. The fourth-order valence-corrected chi connectivity index (χ4v) is 9.26. The van der Waals surface area contributed by atoms with E-state index >= 15 is 0 Å². The van der Waals surface area contributed by atoms with E-state index in [1.54, 1.807) is 0 Å². The van der Waals surface area contributed by atoms with Gasteiger partial charge in [0.15, 0.2) is 17.2 Å². The van der Waals surface area contributed by atoms with Gasteiger partial charge in [0.05, 0.1) is 34.0 Å². The molecule has 63 heavy (non-hydrogen) atoms. The summed E-state index contributed by atoms with van der Waals surface area (Å²) in [5.74, 6) is 1.82. The van der Waals surface area contributed by atoms with Gasteiger partial charge in [0, 0.05) is 54.7 Å². The quantitative estimate of drug-likeness (QED) is 0.167. The van der Waals surface area contributed by atoms with Gasteiger partial charge in [-0.05, 0) is 65.7 Å². The highest BCUT2D eigenvalue weighted by atomic mass is 16.3. The Morgan fingerprint density at radius 2 is 0.889 bits per heavy atom. The highest BCUT2D eigenvalue weighted by Crippen LogP contribution is 2.39. The lowest BCUT2D eigenvalue weighted by molar-refractivity contribution is 0.667. The minimum atomic E-state index is 0.571. The van der Waals surface area contributed by atoms with Crippen molar-refractivity contribution in [1.82, 2.24) is 29.1 Å². The van der Waals surface area contributed by atoms with Gasteiger partial charge in [0.1, 0.15) is 5.58 Å². The zero-order valence-corrected chi connectivity index (χ0v) is 33.7. The average molecular weight is 807 g/mol. The predicted molar refractivity (Wildman–Crippen MR) is 255 cm³/mol. The van der Waals surface area contributed by atoms with Gasteiger partial charge >= 0.3 is 0 Å². The summed E-state index contributed by atoms with van der Waals surface area (Å²) < 4.78 is 10.6. The number of furan rings is 1. The Bertz CT molecular complexity index is 3850. The van der Waals surface area contributed by atoms with Crippen LogP contribution in [0.25, 0.3) is 122 Å². The largest absolute Gasteiger partial charge is 0.454 e. The van der Waals surface area contributed by atoms with Crippen LogP contribution in [0.5, 0.6) is 0 Å². The van der Waals surface area contributed by atoms with Crippen LogP contribution >= 0.6 is 0 Å². The lowest BCUT2D eigenvalue weighted by atomic mass is 10.0. The highest BCUT2D eigenvalue weighted by molar-refractivity contribution is 6.12. The van der Waals surface area contributed by atoms with E-state index in [0.29, 0.717) is 17.6 Å². The minimum Gasteiger partial charge on any atom is -0.454 e. The molecule has 13 rings (SSSR count). The summed E-state index contributed by atoms with van der Waals surface area (Å²) in [4.78, 5) is 20.1. The van der Waals surface area contributed by atoms with Gasteiger partial charge in [-0.1, -0.05) is 146 Å². The molecule has 0 fully saturated rings. The van der Waals surface area contributed by atoms with Crippen molar-refractivity contribution in [2.75, 3.05) is 0 Å². The molecule has 7 heteroatoms. The predicted octanol–water partition coefficient (Wildman–Crippen LogP) is 14.0. The van der Waals surface area contributed by atoms with Crippen LogP contribution in [0.2, 0.25) is 0 Å². The number of nitrogens with zero attached hydrogens (tertiary/aromatic N) is 6. The monoisotopic (exact) mass is 806 g/mol. The number of pyridine rings is 1. The molecule has 0 unspecified atom stereocenters. The SMILES string of the molecule is c1ccc(-c2nc(-c3ccccc3)nc(-n3c4ccccc4c4ccc(-c5ccc6c(c5)c5ccccc5n6-c5ccc(-c6cc7c(cn6)oc6ccccc67)cc5)cc43)n2)cc1. The van der Waals surface area contributed by atoms with Crippen molar-refractivity contribution in [3.8, 4) is 56.8 Å². The molecule has 0 amide bonds. The molecule has 8 aromatic carbocycles. The van der Waals surface area contributed by atoms with Crippen molar-refractivity contribution in [3.05, 3.63) is 206 Å². The summed E-state index contributed by atoms with van der Waals surface area (Å²) >= 11 is 0. The van der Waals surface area contributed by atoms with Crippen LogP contribution in [0.1, 0.15) is 0 Å². The number of aromatic nitrogens is 6. The Labute approximate surface area is 360 Å². The molecule has 5 aromatic heterocycles. The van der Waals surface area contributed by atoms with Crippen LogP contribution in [0, 0.1) is 0 Å². The number of hydrogen-bond donors (Lipinski definition) is 0. The first-order chi connectivity index (χ1) is 31.2. The van der Waals surface area contributed by atoms with Crippen molar-refractivity contribution in [2.45, 2.75) is 0 Å². The zero-order chi connectivity index (χ0) is 41.4. The molecule has 0 aliphatic carbocycles. The van der Waals surface area contributed by atoms with E-state index in [1.807, 2.05) is 85.1 Å². The standard InChI is InChI=1S/C56H34N6O/c1-3-13-36(14-4-1)54-58-55(37-15-5-2-6-16-37)60-56(59-54)62-49-21-11-7-17-41(49)43-29-25-39(32-51(43)62)38-26-30-50-45(31-38)42-18-8-10-20-48(42)61(50)40-27-23-35(24-28-40)47-33-46-44-19-9-12-22-52(44)63-53(46)34-57-47/h1-34H. The minimum absolute atomic E-state index is 0.571. The Kier molecular flexibility index (Phi) is 7.77. The molecule has 0 saturated carbocycles. The molecule has 294 valence electrons. The van der Waals surface area contributed by atoms with Gasteiger partial charge in [-0.15, -0.1) is 0 Å². The Morgan fingerprint density at radius 3 is 1.62 bits per heavy atom. The number of fused-ring (bicyclic) bond motifs is 9.